The minimum atomic E-state index is -0.416. The molecule has 0 unspecified atom stereocenters. The Kier molecular flexibility index (Phi) is 7.29. The average molecular weight is 421 g/mol. The molecule has 2 aromatic rings. The summed E-state index contributed by atoms with van der Waals surface area (Å²) < 4.78 is 18.0. The summed E-state index contributed by atoms with van der Waals surface area (Å²) in [7, 11) is 0. The first-order chi connectivity index (χ1) is 13.9. The van der Waals surface area contributed by atoms with Crippen molar-refractivity contribution < 1.29 is 18.7 Å². The quantitative estimate of drug-likeness (QED) is 0.694. The summed E-state index contributed by atoms with van der Waals surface area (Å²) in [6, 6.07) is 6.55. The number of benzene rings is 1. The van der Waals surface area contributed by atoms with Crippen LogP contribution in [0.2, 0.25) is 0 Å². The fourth-order valence-electron chi connectivity index (χ4n) is 3.15. The van der Waals surface area contributed by atoms with Crippen LogP contribution in [0.3, 0.4) is 0 Å². The topological polar surface area (TPSA) is 74.8 Å². The number of carbonyl (C=O) groups is 2. The van der Waals surface area contributed by atoms with Gasteiger partial charge in [-0.15, -0.1) is 0 Å². The zero-order valence-corrected chi connectivity index (χ0v) is 17.4. The Hall–Kier alpha value is -2.36. The van der Waals surface area contributed by atoms with E-state index >= 15 is 0 Å². The lowest BCUT2D eigenvalue weighted by Gasteiger charge is -2.34. The fourth-order valence-corrected chi connectivity index (χ4v) is 4.03. The number of ether oxygens (including phenoxy) is 1. The SMILES string of the molecule is CCOC(=O)c1sc(NC(=O)CN2CCN(Cc3ccc(F)cc3)CC2)nc1C. The summed E-state index contributed by atoms with van der Waals surface area (Å²) in [6.07, 6.45) is 0. The van der Waals surface area contributed by atoms with E-state index in [1.807, 2.05) is 0 Å². The molecule has 1 aliphatic rings. The normalized spacial score (nSPS) is 15.3. The summed E-state index contributed by atoms with van der Waals surface area (Å²) in [4.78, 5) is 33.2. The second kappa shape index (κ2) is 9.91. The van der Waals surface area contributed by atoms with Crippen LogP contribution in [0.5, 0.6) is 0 Å². The number of halogens is 1. The maximum Gasteiger partial charge on any atom is 0.350 e. The van der Waals surface area contributed by atoms with E-state index in [-0.39, 0.29) is 18.3 Å². The summed E-state index contributed by atoms with van der Waals surface area (Å²) in [6.45, 7) is 8.05. The number of amides is 1. The second-order valence-electron chi connectivity index (χ2n) is 6.88. The standard InChI is InChI=1S/C20H25FN4O3S/c1-3-28-19(27)18-14(2)22-20(29-18)23-17(26)13-25-10-8-24(9-11-25)12-15-4-6-16(21)7-5-15/h4-7H,3,8-13H2,1-2H3,(H,22,23,26). The first-order valence-electron chi connectivity index (χ1n) is 9.58. The highest BCUT2D eigenvalue weighted by atomic mass is 32.1. The number of piperazine rings is 1. The molecule has 1 aliphatic heterocycles. The minimum absolute atomic E-state index is 0.152. The average Bonchev–Trinajstić information content (AvgIpc) is 3.05. The van der Waals surface area contributed by atoms with Gasteiger partial charge in [-0.25, -0.2) is 14.2 Å². The molecule has 1 amide bonds. The van der Waals surface area contributed by atoms with Gasteiger partial charge in [0, 0.05) is 32.7 Å². The zero-order valence-electron chi connectivity index (χ0n) is 16.6. The predicted octanol–water partition coefficient (Wildman–Crippen LogP) is 2.52. The number of aryl methyl sites for hydroxylation is 1. The highest BCUT2D eigenvalue weighted by Crippen LogP contribution is 2.23. The van der Waals surface area contributed by atoms with E-state index in [0.717, 1.165) is 49.6 Å². The molecule has 1 fully saturated rings. The summed E-state index contributed by atoms with van der Waals surface area (Å²) in [5.41, 5.74) is 1.63. The molecule has 0 radical (unpaired) electrons. The maximum absolute atomic E-state index is 13.0. The van der Waals surface area contributed by atoms with Crippen LogP contribution in [0.4, 0.5) is 9.52 Å². The van der Waals surface area contributed by atoms with Gasteiger partial charge in [0.1, 0.15) is 10.7 Å². The number of rotatable bonds is 7. The predicted molar refractivity (Wildman–Crippen MR) is 110 cm³/mol. The van der Waals surface area contributed by atoms with Crippen LogP contribution in [0.1, 0.15) is 27.9 Å². The Morgan fingerprint density at radius 1 is 1.17 bits per heavy atom. The van der Waals surface area contributed by atoms with Crippen molar-refractivity contribution in [2.45, 2.75) is 20.4 Å². The van der Waals surface area contributed by atoms with Crippen molar-refractivity contribution in [3.05, 3.63) is 46.2 Å². The van der Waals surface area contributed by atoms with Gasteiger partial charge in [-0.2, -0.15) is 0 Å². The molecule has 1 aromatic carbocycles. The smallest absolute Gasteiger partial charge is 0.350 e. The molecule has 7 nitrogen and oxygen atoms in total. The third-order valence-corrected chi connectivity index (χ3v) is 5.71. The first kappa shape index (κ1) is 21.4. The molecule has 156 valence electrons. The summed E-state index contributed by atoms with van der Waals surface area (Å²) >= 11 is 1.13. The molecule has 0 spiro atoms. The van der Waals surface area contributed by atoms with Crippen molar-refractivity contribution in [1.29, 1.82) is 0 Å². The van der Waals surface area contributed by atoms with Gasteiger partial charge in [0.05, 0.1) is 18.8 Å². The monoisotopic (exact) mass is 420 g/mol. The minimum Gasteiger partial charge on any atom is -0.462 e. The molecule has 1 aromatic heterocycles. The third kappa shape index (κ3) is 6.06. The number of hydrogen-bond acceptors (Lipinski definition) is 7. The van der Waals surface area contributed by atoms with Crippen LogP contribution < -0.4 is 5.32 Å². The highest BCUT2D eigenvalue weighted by molar-refractivity contribution is 7.17. The van der Waals surface area contributed by atoms with Gasteiger partial charge in [0.15, 0.2) is 5.13 Å². The van der Waals surface area contributed by atoms with Crippen LogP contribution in [0, 0.1) is 12.7 Å². The van der Waals surface area contributed by atoms with Gasteiger partial charge >= 0.3 is 5.97 Å². The Labute approximate surface area is 173 Å². The largest absolute Gasteiger partial charge is 0.462 e. The van der Waals surface area contributed by atoms with Crippen LogP contribution in [-0.4, -0.2) is 66.0 Å². The lowest BCUT2D eigenvalue weighted by Crippen LogP contribution is -2.48. The van der Waals surface area contributed by atoms with Crippen LogP contribution in [0.15, 0.2) is 24.3 Å². The van der Waals surface area contributed by atoms with Crippen LogP contribution in [0.25, 0.3) is 0 Å². The molecule has 0 bridgehead atoms. The molecular weight excluding hydrogens is 395 g/mol. The number of esters is 1. The molecule has 1 N–H and O–H groups in total. The fraction of sp³-hybridized carbons (Fsp3) is 0.450. The lowest BCUT2D eigenvalue weighted by atomic mass is 10.2. The van der Waals surface area contributed by atoms with Gasteiger partial charge in [0.25, 0.3) is 0 Å². The molecule has 0 saturated carbocycles. The Morgan fingerprint density at radius 3 is 2.48 bits per heavy atom. The molecule has 0 aliphatic carbocycles. The number of anilines is 1. The van der Waals surface area contributed by atoms with E-state index in [4.69, 9.17) is 4.74 Å². The molecule has 0 atom stereocenters. The number of nitrogens with zero attached hydrogens (tertiary/aromatic N) is 3. The van der Waals surface area contributed by atoms with Crippen LogP contribution in [-0.2, 0) is 16.1 Å². The molecule has 3 rings (SSSR count). The number of thiazole rings is 1. The molecule has 2 heterocycles. The number of nitrogens with one attached hydrogen (secondary N) is 1. The highest BCUT2D eigenvalue weighted by Gasteiger charge is 2.21. The van der Waals surface area contributed by atoms with Gasteiger partial charge in [0.2, 0.25) is 5.91 Å². The van der Waals surface area contributed by atoms with E-state index < -0.39 is 5.97 Å². The van der Waals surface area contributed by atoms with E-state index in [1.165, 1.54) is 12.1 Å². The van der Waals surface area contributed by atoms with Crippen molar-refractivity contribution in [3.63, 3.8) is 0 Å². The lowest BCUT2D eigenvalue weighted by molar-refractivity contribution is -0.117. The molecular formula is C20H25FN4O3S. The zero-order chi connectivity index (χ0) is 20.8. The van der Waals surface area contributed by atoms with Crippen LogP contribution >= 0.6 is 11.3 Å². The summed E-state index contributed by atoms with van der Waals surface area (Å²) in [5, 5.41) is 3.18. The number of carbonyl (C=O) groups excluding carboxylic acids is 2. The molecule has 1 saturated heterocycles. The Bertz CT molecular complexity index is 848. The van der Waals surface area contributed by atoms with E-state index in [2.05, 4.69) is 20.1 Å². The van der Waals surface area contributed by atoms with E-state index in [1.54, 1.807) is 26.0 Å². The van der Waals surface area contributed by atoms with Crippen molar-refractivity contribution >= 4 is 28.3 Å². The van der Waals surface area contributed by atoms with E-state index in [9.17, 15) is 14.0 Å². The number of hydrogen-bond donors (Lipinski definition) is 1. The van der Waals surface area contributed by atoms with E-state index in [0.29, 0.717) is 22.3 Å². The van der Waals surface area contributed by atoms with Gasteiger partial charge in [-0.1, -0.05) is 23.5 Å². The third-order valence-electron chi connectivity index (χ3n) is 4.66. The maximum atomic E-state index is 13.0. The first-order valence-corrected chi connectivity index (χ1v) is 10.4. The molecule has 9 heteroatoms. The van der Waals surface area contributed by atoms with Crippen molar-refractivity contribution in [2.75, 3.05) is 44.6 Å². The van der Waals surface area contributed by atoms with Gasteiger partial charge < -0.3 is 10.1 Å². The molecule has 29 heavy (non-hydrogen) atoms. The van der Waals surface area contributed by atoms with Gasteiger partial charge in [-0.05, 0) is 31.5 Å². The van der Waals surface area contributed by atoms with Crippen molar-refractivity contribution in [3.8, 4) is 0 Å². The van der Waals surface area contributed by atoms with Crippen molar-refractivity contribution in [1.82, 2.24) is 14.8 Å². The second-order valence-corrected chi connectivity index (χ2v) is 7.88. The van der Waals surface area contributed by atoms with Crippen molar-refractivity contribution in [2.24, 2.45) is 0 Å². The summed E-state index contributed by atoms with van der Waals surface area (Å²) in [5.74, 6) is -0.796. The van der Waals surface area contributed by atoms with Gasteiger partial charge in [-0.3, -0.25) is 14.6 Å². The Morgan fingerprint density at radius 2 is 1.83 bits per heavy atom. The Balaban J connectivity index is 1.44. The number of aromatic nitrogens is 1.